The lowest BCUT2D eigenvalue weighted by Gasteiger charge is -2.20. The third-order valence-corrected chi connectivity index (χ3v) is 4.05. The lowest BCUT2D eigenvalue weighted by Crippen LogP contribution is -2.32. The number of nitrogens with zero attached hydrogens (tertiary/aromatic N) is 4. The first-order valence-electron chi connectivity index (χ1n) is 8.58. The van der Waals surface area contributed by atoms with Gasteiger partial charge in [-0.1, -0.05) is 20.8 Å². The summed E-state index contributed by atoms with van der Waals surface area (Å²) in [4.78, 5) is 17.5. The Labute approximate surface area is 158 Å². The maximum Gasteiger partial charge on any atom is 0.325 e. The second-order valence-corrected chi connectivity index (χ2v) is 7.21. The largest absolute Gasteiger partial charge is 0.457 e. The van der Waals surface area contributed by atoms with Crippen LogP contribution in [0, 0.1) is 0 Å². The Kier molecular flexibility index (Phi) is 4.85. The van der Waals surface area contributed by atoms with Crippen molar-refractivity contribution in [1.82, 2.24) is 14.8 Å². The molecule has 2 aromatic heterocycles. The molecule has 140 valence electrons. The van der Waals surface area contributed by atoms with Gasteiger partial charge in [0.15, 0.2) is 0 Å². The van der Waals surface area contributed by atoms with Gasteiger partial charge in [-0.2, -0.15) is 5.10 Å². The Morgan fingerprint density at radius 1 is 1.07 bits per heavy atom. The third-order valence-electron chi connectivity index (χ3n) is 4.05. The van der Waals surface area contributed by atoms with E-state index >= 15 is 0 Å². The van der Waals surface area contributed by atoms with E-state index in [1.54, 1.807) is 60.5 Å². The minimum absolute atomic E-state index is 0.137. The minimum atomic E-state index is -0.582. The average Bonchev–Trinajstić information content (AvgIpc) is 2.99. The van der Waals surface area contributed by atoms with Crippen molar-refractivity contribution in [1.29, 1.82) is 0 Å². The molecule has 0 bridgehead atoms. The number of ether oxygens (including phenoxy) is 1. The quantitative estimate of drug-likeness (QED) is 0.753. The van der Waals surface area contributed by atoms with Crippen LogP contribution in [-0.4, -0.2) is 20.8 Å². The summed E-state index contributed by atoms with van der Waals surface area (Å²) in [7, 11) is 1.79. The van der Waals surface area contributed by atoms with Crippen LogP contribution >= 0.6 is 0 Å². The van der Waals surface area contributed by atoms with Crippen molar-refractivity contribution < 1.29 is 9.53 Å². The van der Waals surface area contributed by atoms with Crippen LogP contribution in [0.2, 0.25) is 0 Å². The van der Waals surface area contributed by atoms with Crippen molar-refractivity contribution in [3.05, 3.63) is 60.6 Å². The molecule has 27 heavy (non-hydrogen) atoms. The van der Waals surface area contributed by atoms with Crippen molar-refractivity contribution in [2.75, 3.05) is 4.90 Å². The predicted octanol–water partition coefficient (Wildman–Crippen LogP) is 4.12. The highest BCUT2D eigenvalue weighted by molar-refractivity contribution is 5.97. The van der Waals surface area contributed by atoms with Gasteiger partial charge >= 0.3 is 6.03 Å². The molecule has 0 spiro atoms. The number of anilines is 2. The second kappa shape index (κ2) is 7.11. The van der Waals surface area contributed by atoms with E-state index in [2.05, 4.69) is 30.9 Å². The van der Waals surface area contributed by atoms with Gasteiger partial charge in [0.2, 0.25) is 0 Å². The molecule has 0 radical (unpaired) electrons. The van der Waals surface area contributed by atoms with E-state index in [-0.39, 0.29) is 5.41 Å². The fraction of sp³-hybridized carbons (Fsp3) is 0.250. The molecular weight excluding hydrogens is 342 g/mol. The summed E-state index contributed by atoms with van der Waals surface area (Å²) in [5.74, 6) is 1.94. The Bertz CT molecular complexity index is 927. The molecule has 2 heterocycles. The van der Waals surface area contributed by atoms with E-state index in [1.165, 1.54) is 4.90 Å². The average molecular weight is 365 g/mol. The number of aromatic nitrogens is 3. The first-order chi connectivity index (χ1) is 12.8. The van der Waals surface area contributed by atoms with Crippen molar-refractivity contribution in [2.24, 2.45) is 12.8 Å². The normalized spacial score (nSPS) is 11.3. The van der Waals surface area contributed by atoms with Gasteiger partial charge in [0.1, 0.15) is 17.3 Å². The summed E-state index contributed by atoms with van der Waals surface area (Å²) in [6.45, 7) is 6.21. The zero-order valence-electron chi connectivity index (χ0n) is 15.9. The Balaban J connectivity index is 1.90. The first kappa shape index (κ1) is 18.4. The number of amides is 2. The molecule has 0 saturated heterocycles. The zero-order chi connectivity index (χ0) is 19.6. The van der Waals surface area contributed by atoms with Gasteiger partial charge in [-0.3, -0.25) is 9.67 Å². The molecule has 0 unspecified atom stereocenters. The summed E-state index contributed by atoms with van der Waals surface area (Å²) in [6, 6.07) is 12.0. The highest BCUT2D eigenvalue weighted by atomic mass is 16.5. The molecule has 0 aliphatic carbocycles. The summed E-state index contributed by atoms with van der Waals surface area (Å²) in [5, 5.41) is 4.52. The molecule has 0 saturated carbocycles. The Hall–Kier alpha value is -3.35. The summed E-state index contributed by atoms with van der Waals surface area (Å²) >= 11 is 0. The molecule has 7 nitrogen and oxygen atoms in total. The van der Waals surface area contributed by atoms with Gasteiger partial charge in [0, 0.05) is 30.9 Å². The van der Waals surface area contributed by atoms with Crippen molar-refractivity contribution in [3.63, 3.8) is 0 Å². The van der Waals surface area contributed by atoms with Crippen molar-refractivity contribution in [2.45, 2.75) is 26.2 Å². The highest BCUT2D eigenvalue weighted by Gasteiger charge is 2.24. The fourth-order valence-electron chi connectivity index (χ4n) is 2.61. The first-order valence-corrected chi connectivity index (χ1v) is 8.58. The molecule has 0 fully saturated rings. The van der Waals surface area contributed by atoms with Crippen LogP contribution in [0.25, 0.3) is 0 Å². The van der Waals surface area contributed by atoms with Gasteiger partial charge in [-0.05, 0) is 36.4 Å². The zero-order valence-corrected chi connectivity index (χ0v) is 15.9. The van der Waals surface area contributed by atoms with Crippen LogP contribution in [0.1, 0.15) is 26.5 Å². The minimum Gasteiger partial charge on any atom is -0.457 e. The number of urea groups is 1. The number of hydrogen-bond donors (Lipinski definition) is 1. The number of aryl methyl sites for hydroxylation is 1. The smallest absolute Gasteiger partial charge is 0.325 e. The SMILES string of the molecule is Cn1nc(C(C)(C)C)cc1N(C(N)=O)c1ccc(Oc2ccncc2)cc1. The maximum absolute atomic E-state index is 12.2. The van der Waals surface area contributed by atoms with Crippen molar-refractivity contribution in [3.8, 4) is 11.5 Å². The molecule has 3 rings (SSSR count). The second-order valence-electron chi connectivity index (χ2n) is 7.21. The molecule has 7 heteroatoms. The van der Waals surface area contributed by atoms with Crippen LogP contribution in [0.3, 0.4) is 0 Å². The fourth-order valence-corrected chi connectivity index (χ4v) is 2.61. The summed E-state index contributed by atoms with van der Waals surface area (Å²) < 4.78 is 7.42. The van der Waals surface area contributed by atoms with Gasteiger partial charge < -0.3 is 10.5 Å². The molecule has 2 N–H and O–H groups in total. The summed E-state index contributed by atoms with van der Waals surface area (Å²) in [6.07, 6.45) is 3.32. The predicted molar refractivity (Wildman–Crippen MR) is 104 cm³/mol. The maximum atomic E-state index is 12.2. The van der Waals surface area contributed by atoms with E-state index in [4.69, 9.17) is 10.5 Å². The number of carbonyl (C=O) groups is 1. The van der Waals surface area contributed by atoms with Crippen molar-refractivity contribution >= 4 is 17.5 Å². The number of nitrogens with two attached hydrogens (primary N) is 1. The summed E-state index contributed by atoms with van der Waals surface area (Å²) in [5.41, 5.74) is 7.03. The van der Waals surface area contributed by atoms with Crippen LogP contribution < -0.4 is 15.4 Å². The van der Waals surface area contributed by atoms with Crippen LogP contribution in [-0.2, 0) is 12.5 Å². The number of primary amides is 1. The van der Waals surface area contributed by atoms with Gasteiger partial charge in [0.25, 0.3) is 0 Å². The molecule has 0 atom stereocenters. The van der Waals surface area contributed by atoms with E-state index in [1.807, 2.05) is 6.07 Å². The van der Waals surface area contributed by atoms with Crippen LogP contribution in [0.4, 0.5) is 16.3 Å². The molecule has 0 aliphatic rings. The lowest BCUT2D eigenvalue weighted by atomic mass is 9.92. The standard InChI is InChI=1S/C20H23N5O2/c1-20(2,3)17-13-18(24(4)23-17)25(19(21)26)14-5-7-15(8-6-14)27-16-9-11-22-12-10-16/h5-13H,1-4H3,(H2,21,26). The van der Waals surface area contributed by atoms with E-state index in [0.717, 1.165) is 5.69 Å². The number of benzene rings is 1. The number of pyridine rings is 1. The van der Waals surface area contributed by atoms with E-state index in [9.17, 15) is 4.79 Å². The van der Waals surface area contributed by atoms with Crippen LogP contribution in [0.15, 0.2) is 54.9 Å². The third kappa shape index (κ3) is 4.08. The van der Waals surface area contributed by atoms with E-state index < -0.39 is 6.03 Å². The molecule has 1 aromatic carbocycles. The monoisotopic (exact) mass is 365 g/mol. The topological polar surface area (TPSA) is 86.3 Å². The van der Waals surface area contributed by atoms with E-state index in [0.29, 0.717) is 23.0 Å². The van der Waals surface area contributed by atoms with Gasteiger partial charge in [-0.15, -0.1) is 0 Å². The molecule has 0 aliphatic heterocycles. The van der Waals surface area contributed by atoms with Crippen LogP contribution in [0.5, 0.6) is 11.5 Å². The lowest BCUT2D eigenvalue weighted by molar-refractivity contribution is 0.255. The Morgan fingerprint density at radius 3 is 2.19 bits per heavy atom. The van der Waals surface area contributed by atoms with Gasteiger partial charge in [-0.25, -0.2) is 9.69 Å². The molecule has 2 amide bonds. The molecular formula is C20H23N5O2. The Morgan fingerprint density at radius 2 is 1.67 bits per heavy atom. The highest BCUT2D eigenvalue weighted by Crippen LogP contribution is 2.31. The number of hydrogen-bond acceptors (Lipinski definition) is 4. The molecule has 3 aromatic rings. The van der Waals surface area contributed by atoms with Gasteiger partial charge in [0.05, 0.1) is 11.4 Å². The number of rotatable bonds is 4. The number of carbonyl (C=O) groups excluding carboxylic acids is 1.